The Labute approximate surface area is 276 Å². The highest BCUT2D eigenvalue weighted by Crippen LogP contribution is 2.57. The third-order valence-electron chi connectivity index (χ3n) is 11.3. The van der Waals surface area contributed by atoms with E-state index in [4.69, 9.17) is 4.98 Å². The summed E-state index contributed by atoms with van der Waals surface area (Å²) in [7, 11) is 0. The van der Waals surface area contributed by atoms with Gasteiger partial charge in [-0.05, 0) is 74.8 Å². The fraction of sp³-hybridized carbons (Fsp3) is 0.133. The lowest BCUT2D eigenvalue weighted by molar-refractivity contribution is 0.660. The molecular weight excluding hydrogens is 569 g/mol. The van der Waals surface area contributed by atoms with Gasteiger partial charge in [-0.15, -0.1) is 0 Å². The number of hydrogen-bond donors (Lipinski definition) is 0. The zero-order chi connectivity index (χ0) is 31.7. The Hall–Kier alpha value is -5.47. The van der Waals surface area contributed by atoms with Gasteiger partial charge in [-0.3, -0.25) is 4.98 Å². The van der Waals surface area contributed by atoms with Crippen LogP contribution in [0.15, 0.2) is 134 Å². The molecule has 0 aliphatic heterocycles. The van der Waals surface area contributed by atoms with Crippen molar-refractivity contribution >= 4 is 27.8 Å². The first-order valence-corrected chi connectivity index (χ1v) is 16.6. The lowest BCUT2D eigenvalue weighted by atomic mass is 9.82. The van der Waals surface area contributed by atoms with Crippen molar-refractivity contribution in [2.75, 3.05) is 4.90 Å². The molecule has 7 aromatic rings. The molecule has 0 atom stereocenters. The van der Waals surface area contributed by atoms with Gasteiger partial charge in [0.05, 0.1) is 17.1 Å². The van der Waals surface area contributed by atoms with Crippen LogP contribution in [0.1, 0.15) is 49.9 Å². The molecule has 6 aromatic carbocycles. The van der Waals surface area contributed by atoms with Gasteiger partial charge in [0.2, 0.25) is 0 Å². The largest absolute Gasteiger partial charge is 0.309 e. The summed E-state index contributed by atoms with van der Waals surface area (Å²) in [6.07, 6.45) is 1.91. The van der Waals surface area contributed by atoms with Crippen molar-refractivity contribution in [1.82, 2.24) is 4.98 Å². The molecule has 0 saturated carbocycles. The van der Waals surface area contributed by atoms with Gasteiger partial charge in [0, 0.05) is 50.2 Å². The third kappa shape index (κ3) is 3.37. The summed E-state index contributed by atoms with van der Waals surface area (Å²) in [6.45, 7) is 9.47. The molecule has 3 aliphatic carbocycles. The van der Waals surface area contributed by atoms with Gasteiger partial charge in [0.25, 0.3) is 0 Å². The van der Waals surface area contributed by atoms with E-state index in [1.165, 1.54) is 89.0 Å². The number of nitrogens with zero attached hydrogens (tertiary/aromatic N) is 2. The number of pyridine rings is 1. The lowest BCUT2D eigenvalue weighted by Crippen LogP contribution is -2.17. The lowest BCUT2D eigenvalue weighted by Gasteiger charge is -2.31. The van der Waals surface area contributed by atoms with Crippen molar-refractivity contribution in [1.29, 1.82) is 0 Å². The SMILES string of the molecule is CC1(C)c2ccccc2-c2ccc(N(c3cccc4c3-c3ccccc3C4(C)C)c3ccc4c5c(cccc35)-c3ncccc3-4)cc21. The Morgan fingerprint density at radius 3 is 1.96 bits per heavy atom. The zero-order valence-corrected chi connectivity index (χ0v) is 27.1. The molecule has 2 nitrogen and oxygen atoms in total. The van der Waals surface area contributed by atoms with Crippen LogP contribution in [0.3, 0.4) is 0 Å². The third-order valence-corrected chi connectivity index (χ3v) is 11.3. The highest BCUT2D eigenvalue weighted by Gasteiger charge is 2.39. The maximum absolute atomic E-state index is 4.84. The van der Waals surface area contributed by atoms with Gasteiger partial charge in [-0.1, -0.05) is 125 Å². The fourth-order valence-electron chi connectivity index (χ4n) is 9.01. The predicted octanol–water partition coefficient (Wildman–Crippen LogP) is 12.0. The number of anilines is 3. The van der Waals surface area contributed by atoms with Crippen molar-refractivity contribution in [3.63, 3.8) is 0 Å². The van der Waals surface area contributed by atoms with Gasteiger partial charge in [-0.25, -0.2) is 0 Å². The van der Waals surface area contributed by atoms with E-state index in [1.54, 1.807) is 0 Å². The maximum atomic E-state index is 4.84. The summed E-state index contributed by atoms with van der Waals surface area (Å²) in [5.41, 5.74) is 19.0. The molecule has 0 saturated heterocycles. The van der Waals surface area contributed by atoms with Crippen molar-refractivity contribution in [2.24, 2.45) is 0 Å². The molecular formula is C45H34N2. The summed E-state index contributed by atoms with van der Waals surface area (Å²) in [4.78, 5) is 7.38. The average molecular weight is 603 g/mol. The van der Waals surface area contributed by atoms with Crippen LogP contribution in [0.5, 0.6) is 0 Å². The minimum atomic E-state index is -0.101. The van der Waals surface area contributed by atoms with E-state index in [1.807, 2.05) is 12.3 Å². The first kappa shape index (κ1) is 26.7. The van der Waals surface area contributed by atoms with Crippen LogP contribution in [0.4, 0.5) is 17.1 Å². The second-order valence-electron chi connectivity index (χ2n) is 14.4. The fourth-order valence-corrected chi connectivity index (χ4v) is 9.01. The van der Waals surface area contributed by atoms with Crippen LogP contribution in [0, 0.1) is 0 Å². The van der Waals surface area contributed by atoms with E-state index in [2.05, 4.69) is 154 Å². The minimum Gasteiger partial charge on any atom is -0.309 e. The predicted molar refractivity (Wildman–Crippen MR) is 196 cm³/mol. The monoisotopic (exact) mass is 602 g/mol. The standard InChI is InChI=1S/C45H34N2/c1-44(2)36-18-8-6-13-32(36)42-37(44)19-10-20-40(42)47(27-21-22-29-28-12-5-7-17-35(28)45(3,4)38(29)26-27)39-24-23-30-31-16-11-25-46-43(31)34-15-9-14-33(39)41(30)34/h5-26H,1-4H3. The number of hydrogen-bond acceptors (Lipinski definition) is 2. The van der Waals surface area contributed by atoms with E-state index in [0.29, 0.717) is 0 Å². The van der Waals surface area contributed by atoms with Crippen molar-refractivity contribution < 1.29 is 0 Å². The molecule has 0 bridgehead atoms. The van der Waals surface area contributed by atoms with E-state index in [9.17, 15) is 0 Å². The molecule has 10 rings (SSSR count). The van der Waals surface area contributed by atoms with Crippen LogP contribution in [0.25, 0.3) is 55.4 Å². The summed E-state index contributed by atoms with van der Waals surface area (Å²) >= 11 is 0. The number of rotatable bonds is 3. The Morgan fingerprint density at radius 2 is 1.11 bits per heavy atom. The van der Waals surface area contributed by atoms with Gasteiger partial charge < -0.3 is 4.90 Å². The molecule has 1 heterocycles. The molecule has 2 heteroatoms. The highest BCUT2D eigenvalue weighted by atomic mass is 15.1. The average Bonchev–Trinajstić information content (AvgIpc) is 3.64. The number of fused-ring (bicyclic) bond motifs is 9. The molecule has 0 spiro atoms. The molecule has 0 amide bonds. The van der Waals surface area contributed by atoms with Gasteiger partial charge in [0.15, 0.2) is 0 Å². The first-order valence-electron chi connectivity index (χ1n) is 16.6. The van der Waals surface area contributed by atoms with E-state index in [0.717, 1.165) is 5.69 Å². The molecule has 224 valence electrons. The summed E-state index contributed by atoms with van der Waals surface area (Å²) in [5.74, 6) is 0. The van der Waals surface area contributed by atoms with Gasteiger partial charge in [0.1, 0.15) is 0 Å². The van der Waals surface area contributed by atoms with Crippen LogP contribution in [-0.2, 0) is 10.8 Å². The molecule has 47 heavy (non-hydrogen) atoms. The van der Waals surface area contributed by atoms with E-state index < -0.39 is 0 Å². The maximum Gasteiger partial charge on any atom is 0.0786 e. The van der Waals surface area contributed by atoms with Gasteiger partial charge in [-0.2, -0.15) is 0 Å². The summed E-state index contributed by atoms with van der Waals surface area (Å²) in [6, 6.07) is 47.6. The first-order chi connectivity index (χ1) is 22.9. The summed E-state index contributed by atoms with van der Waals surface area (Å²) < 4.78 is 0. The van der Waals surface area contributed by atoms with E-state index in [-0.39, 0.29) is 10.8 Å². The Bertz CT molecular complexity index is 2450. The van der Waals surface area contributed by atoms with Crippen LogP contribution in [0.2, 0.25) is 0 Å². The van der Waals surface area contributed by atoms with Crippen molar-refractivity contribution in [3.8, 4) is 44.6 Å². The molecule has 0 unspecified atom stereocenters. The number of benzene rings is 6. The van der Waals surface area contributed by atoms with Gasteiger partial charge >= 0.3 is 0 Å². The zero-order valence-electron chi connectivity index (χ0n) is 27.1. The smallest absolute Gasteiger partial charge is 0.0786 e. The minimum absolute atomic E-state index is 0.0928. The summed E-state index contributed by atoms with van der Waals surface area (Å²) in [5, 5.41) is 2.52. The van der Waals surface area contributed by atoms with Crippen molar-refractivity contribution in [3.05, 3.63) is 156 Å². The molecule has 0 N–H and O–H groups in total. The normalized spacial score (nSPS) is 15.1. The van der Waals surface area contributed by atoms with E-state index >= 15 is 0 Å². The Balaban J connectivity index is 1.29. The second-order valence-corrected chi connectivity index (χ2v) is 14.4. The quantitative estimate of drug-likeness (QED) is 0.200. The van der Waals surface area contributed by atoms with Crippen LogP contribution >= 0.6 is 0 Å². The molecule has 0 radical (unpaired) electrons. The van der Waals surface area contributed by atoms with Crippen LogP contribution < -0.4 is 4.90 Å². The molecule has 0 fully saturated rings. The second kappa shape index (κ2) is 9.08. The highest BCUT2D eigenvalue weighted by molar-refractivity contribution is 6.18. The number of aromatic nitrogens is 1. The topological polar surface area (TPSA) is 16.1 Å². The van der Waals surface area contributed by atoms with Crippen LogP contribution in [-0.4, -0.2) is 4.98 Å². The van der Waals surface area contributed by atoms with Crippen molar-refractivity contribution in [2.45, 2.75) is 38.5 Å². The molecule has 3 aliphatic rings. The Kier molecular flexibility index (Phi) is 5.16. The Morgan fingerprint density at radius 1 is 0.468 bits per heavy atom. The molecule has 1 aromatic heterocycles.